The molecule has 0 spiro atoms. The number of fused-ring (bicyclic) bond motifs is 1. The Labute approximate surface area is 186 Å². The minimum Gasteiger partial charge on any atom is -0.454 e. The number of nitrogens with one attached hydrogen (secondary N) is 1. The zero-order valence-corrected chi connectivity index (χ0v) is 19.9. The number of benzene rings is 1. The van der Waals surface area contributed by atoms with Crippen molar-refractivity contribution in [3.8, 4) is 11.5 Å². The summed E-state index contributed by atoms with van der Waals surface area (Å²) in [7, 11) is 3.93. The van der Waals surface area contributed by atoms with E-state index in [2.05, 4.69) is 53.1 Å². The maximum atomic E-state index is 5.48. The van der Waals surface area contributed by atoms with Gasteiger partial charge in [0.1, 0.15) is 0 Å². The van der Waals surface area contributed by atoms with Crippen LogP contribution in [-0.2, 0) is 6.54 Å². The molecule has 1 N–H and O–H groups in total. The maximum Gasteiger partial charge on any atom is 0.231 e. The largest absolute Gasteiger partial charge is 0.454 e. The predicted molar refractivity (Wildman–Crippen MR) is 125 cm³/mol. The Bertz CT molecular complexity index is 653. The topological polar surface area (TPSA) is 49.3 Å². The van der Waals surface area contributed by atoms with E-state index in [1.54, 1.807) is 0 Å². The van der Waals surface area contributed by atoms with Crippen LogP contribution in [0.5, 0.6) is 11.5 Å². The molecule has 1 fully saturated rings. The van der Waals surface area contributed by atoms with Gasteiger partial charge in [0.05, 0.1) is 0 Å². The van der Waals surface area contributed by atoms with Gasteiger partial charge in [-0.1, -0.05) is 19.9 Å². The lowest BCUT2D eigenvalue weighted by Crippen LogP contribution is -2.45. The minimum absolute atomic E-state index is 0. The lowest BCUT2D eigenvalue weighted by molar-refractivity contribution is 0.159. The zero-order chi connectivity index (χ0) is 19.2. The van der Waals surface area contributed by atoms with Gasteiger partial charge in [-0.25, -0.2) is 0 Å². The first-order valence-corrected chi connectivity index (χ1v) is 10.1. The molecular formula is C21H35IN4O2. The van der Waals surface area contributed by atoms with Crippen molar-refractivity contribution < 1.29 is 9.47 Å². The lowest BCUT2D eigenvalue weighted by atomic mass is 9.97. The second kappa shape index (κ2) is 11.1. The van der Waals surface area contributed by atoms with Crippen molar-refractivity contribution in [3.63, 3.8) is 0 Å². The Morgan fingerprint density at radius 3 is 2.86 bits per heavy atom. The van der Waals surface area contributed by atoms with Gasteiger partial charge in [0.25, 0.3) is 0 Å². The number of ether oxygens (including phenoxy) is 2. The van der Waals surface area contributed by atoms with Crippen molar-refractivity contribution in [2.24, 2.45) is 16.8 Å². The summed E-state index contributed by atoms with van der Waals surface area (Å²) < 4.78 is 10.9. The van der Waals surface area contributed by atoms with Crippen LogP contribution in [0.1, 0.15) is 32.3 Å². The summed E-state index contributed by atoms with van der Waals surface area (Å²) in [5, 5.41) is 3.58. The second-order valence-electron chi connectivity index (χ2n) is 8.13. The van der Waals surface area contributed by atoms with Crippen LogP contribution in [-0.4, -0.2) is 62.8 Å². The van der Waals surface area contributed by atoms with E-state index in [1.807, 2.05) is 13.1 Å². The lowest BCUT2D eigenvalue weighted by Gasteiger charge is -2.34. The predicted octanol–water partition coefficient (Wildman–Crippen LogP) is 3.41. The third-order valence-electron chi connectivity index (χ3n) is 5.21. The van der Waals surface area contributed by atoms with E-state index in [-0.39, 0.29) is 24.0 Å². The highest BCUT2D eigenvalue weighted by Crippen LogP contribution is 2.32. The summed E-state index contributed by atoms with van der Waals surface area (Å²) in [4.78, 5) is 9.24. The number of hydrogen-bond acceptors (Lipinski definition) is 4. The molecule has 0 bridgehead atoms. The number of hydrogen-bond donors (Lipinski definition) is 1. The van der Waals surface area contributed by atoms with Crippen LogP contribution >= 0.6 is 24.0 Å². The van der Waals surface area contributed by atoms with E-state index >= 15 is 0 Å². The summed E-state index contributed by atoms with van der Waals surface area (Å²) in [5.41, 5.74) is 1.19. The van der Waals surface area contributed by atoms with Crippen LogP contribution in [0.15, 0.2) is 23.2 Å². The molecule has 0 aliphatic carbocycles. The molecule has 1 unspecified atom stereocenters. The van der Waals surface area contributed by atoms with Gasteiger partial charge in [0, 0.05) is 40.3 Å². The highest BCUT2D eigenvalue weighted by Gasteiger charge is 2.21. The third kappa shape index (κ3) is 6.40. The van der Waals surface area contributed by atoms with Gasteiger partial charge in [0.2, 0.25) is 6.79 Å². The van der Waals surface area contributed by atoms with Crippen LogP contribution in [0.25, 0.3) is 0 Å². The molecule has 158 valence electrons. The normalized spacial score (nSPS) is 19.5. The molecule has 28 heavy (non-hydrogen) atoms. The summed E-state index contributed by atoms with van der Waals surface area (Å²) in [6.07, 6.45) is 2.59. The SMILES string of the molecule is CN=C(NCC1CCCN(CC(C)C)C1)N(C)Cc1ccc2c(c1)OCO2.I. The molecule has 2 aliphatic heterocycles. The smallest absolute Gasteiger partial charge is 0.231 e. The highest BCUT2D eigenvalue weighted by atomic mass is 127. The molecule has 0 saturated carbocycles. The summed E-state index contributed by atoms with van der Waals surface area (Å²) in [6, 6.07) is 6.12. The van der Waals surface area contributed by atoms with Gasteiger partial charge in [-0.15, -0.1) is 24.0 Å². The second-order valence-corrected chi connectivity index (χ2v) is 8.13. The first kappa shape index (κ1) is 23.1. The molecule has 2 aliphatic rings. The highest BCUT2D eigenvalue weighted by molar-refractivity contribution is 14.0. The molecular weight excluding hydrogens is 467 g/mol. The fraction of sp³-hybridized carbons (Fsp3) is 0.667. The van der Waals surface area contributed by atoms with Crippen molar-refractivity contribution in [3.05, 3.63) is 23.8 Å². The maximum absolute atomic E-state index is 5.48. The van der Waals surface area contributed by atoms with Gasteiger partial charge in [-0.3, -0.25) is 4.99 Å². The summed E-state index contributed by atoms with van der Waals surface area (Å²) in [6.45, 7) is 10.3. The molecule has 6 nitrogen and oxygen atoms in total. The number of nitrogens with zero attached hydrogens (tertiary/aromatic N) is 3. The average Bonchev–Trinajstić information content (AvgIpc) is 3.10. The Morgan fingerprint density at radius 1 is 1.32 bits per heavy atom. The van der Waals surface area contributed by atoms with Gasteiger partial charge in [0.15, 0.2) is 17.5 Å². The molecule has 2 heterocycles. The number of rotatable bonds is 6. The van der Waals surface area contributed by atoms with Crippen molar-refractivity contribution in [1.29, 1.82) is 0 Å². The van der Waals surface area contributed by atoms with Crippen LogP contribution in [0.3, 0.4) is 0 Å². The minimum atomic E-state index is 0. The van der Waals surface area contributed by atoms with Crippen molar-refractivity contribution in [2.45, 2.75) is 33.2 Å². The third-order valence-corrected chi connectivity index (χ3v) is 5.21. The first-order chi connectivity index (χ1) is 13.0. The van der Waals surface area contributed by atoms with Crippen LogP contribution in [0.2, 0.25) is 0 Å². The van der Waals surface area contributed by atoms with E-state index in [4.69, 9.17) is 9.47 Å². The molecule has 0 radical (unpaired) electrons. The monoisotopic (exact) mass is 502 g/mol. The van der Waals surface area contributed by atoms with E-state index in [9.17, 15) is 0 Å². The van der Waals surface area contributed by atoms with E-state index in [0.29, 0.717) is 12.7 Å². The van der Waals surface area contributed by atoms with E-state index in [1.165, 1.54) is 38.0 Å². The molecule has 0 amide bonds. The number of piperidine rings is 1. The van der Waals surface area contributed by atoms with Crippen LogP contribution < -0.4 is 14.8 Å². The number of guanidine groups is 1. The van der Waals surface area contributed by atoms with Gasteiger partial charge in [-0.05, 0) is 48.9 Å². The number of likely N-dealkylation sites (tertiary alicyclic amines) is 1. The van der Waals surface area contributed by atoms with Crippen LogP contribution in [0, 0.1) is 11.8 Å². The molecule has 1 saturated heterocycles. The quantitative estimate of drug-likeness (QED) is 0.367. The Morgan fingerprint density at radius 2 is 2.11 bits per heavy atom. The summed E-state index contributed by atoms with van der Waals surface area (Å²) >= 11 is 0. The molecule has 0 aromatic heterocycles. The zero-order valence-electron chi connectivity index (χ0n) is 17.6. The van der Waals surface area contributed by atoms with Gasteiger partial charge in [-0.2, -0.15) is 0 Å². The first-order valence-electron chi connectivity index (χ1n) is 10.1. The molecule has 1 atom stereocenters. The van der Waals surface area contributed by atoms with Crippen molar-refractivity contribution in [1.82, 2.24) is 15.1 Å². The standard InChI is InChI=1S/C21H34N4O2.HI/c1-16(2)12-25-9-5-6-18(14-25)11-23-21(22-3)24(4)13-17-7-8-19-20(10-17)27-15-26-19;/h7-8,10,16,18H,5-6,9,11-15H2,1-4H3,(H,22,23);1H. The van der Waals surface area contributed by atoms with Crippen LogP contribution in [0.4, 0.5) is 0 Å². The molecule has 3 rings (SSSR count). The van der Waals surface area contributed by atoms with E-state index < -0.39 is 0 Å². The fourth-order valence-corrected chi connectivity index (χ4v) is 4.01. The van der Waals surface area contributed by atoms with Crippen molar-refractivity contribution >= 4 is 29.9 Å². The molecule has 7 heteroatoms. The van der Waals surface area contributed by atoms with Crippen molar-refractivity contribution in [2.75, 3.05) is 47.1 Å². The van der Waals surface area contributed by atoms with Gasteiger partial charge >= 0.3 is 0 Å². The number of aliphatic imine (C=N–C) groups is 1. The summed E-state index contributed by atoms with van der Waals surface area (Å²) in [5.74, 6) is 4.02. The number of halogens is 1. The van der Waals surface area contributed by atoms with E-state index in [0.717, 1.165) is 36.5 Å². The average molecular weight is 502 g/mol. The van der Waals surface area contributed by atoms with Gasteiger partial charge < -0.3 is 24.6 Å². The fourth-order valence-electron chi connectivity index (χ4n) is 4.01. The Balaban J connectivity index is 0.00000280. The molecule has 1 aromatic rings. The molecule has 1 aromatic carbocycles. The Hall–Kier alpha value is -1.22. The Kier molecular flexibility index (Phi) is 9.14.